The second-order valence-corrected chi connectivity index (χ2v) is 11.8. The lowest BCUT2D eigenvalue weighted by Gasteiger charge is -2.33. The van der Waals surface area contributed by atoms with E-state index in [1.165, 1.54) is 41.4 Å². The minimum Gasteiger partial charge on any atom is -0.310 e. The van der Waals surface area contributed by atoms with Crippen LogP contribution in [-0.4, -0.2) is 74.5 Å². The molecule has 2 aromatic rings. The van der Waals surface area contributed by atoms with Gasteiger partial charge in [0.1, 0.15) is 5.82 Å². The van der Waals surface area contributed by atoms with Crippen molar-refractivity contribution in [3.05, 3.63) is 36.5 Å². The Labute approximate surface area is 193 Å². The molecule has 1 amide bonds. The fraction of sp³-hybridized carbons (Fsp3) is 0.500. The Kier molecular flexibility index (Phi) is 6.86. The number of sulfonamides is 2. The molecule has 2 aliphatic rings. The van der Waals surface area contributed by atoms with Gasteiger partial charge in [0.05, 0.1) is 28.6 Å². The molecule has 0 bridgehead atoms. The third-order valence-electron chi connectivity index (χ3n) is 6.10. The molecule has 1 aromatic heterocycles. The van der Waals surface area contributed by atoms with Gasteiger partial charge < -0.3 is 5.32 Å². The standard InChI is InChI=1S/C20H28N6O5S2/c21-32(28,29)17-5-7-18(8-6-17)33(30,31)25-13-11-24(12-14-25)15-20(27)23-19-9-10-22-26(19)16-3-1-2-4-16/h5-10,16H,1-4,11-15H2,(H,23,27)(H2,21,28,29). The van der Waals surface area contributed by atoms with Crippen LogP contribution in [-0.2, 0) is 24.8 Å². The molecule has 11 nitrogen and oxygen atoms in total. The number of carbonyl (C=O) groups excluding carboxylic acids is 1. The summed E-state index contributed by atoms with van der Waals surface area (Å²) in [6.45, 7) is 1.43. The zero-order valence-corrected chi connectivity index (χ0v) is 19.8. The maximum Gasteiger partial charge on any atom is 0.243 e. The van der Waals surface area contributed by atoms with Crippen LogP contribution >= 0.6 is 0 Å². The molecule has 2 heterocycles. The quantitative estimate of drug-likeness (QED) is 0.570. The number of benzene rings is 1. The van der Waals surface area contributed by atoms with Crippen LogP contribution in [0.15, 0.2) is 46.3 Å². The van der Waals surface area contributed by atoms with Gasteiger partial charge in [-0.1, -0.05) is 12.8 Å². The number of nitrogens with two attached hydrogens (primary N) is 1. The van der Waals surface area contributed by atoms with E-state index in [9.17, 15) is 21.6 Å². The summed E-state index contributed by atoms with van der Waals surface area (Å²) in [7, 11) is -7.67. The van der Waals surface area contributed by atoms with E-state index in [0.717, 1.165) is 12.8 Å². The van der Waals surface area contributed by atoms with E-state index >= 15 is 0 Å². The number of anilines is 1. The largest absolute Gasteiger partial charge is 0.310 e. The number of nitrogens with one attached hydrogen (secondary N) is 1. The summed E-state index contributed by atoms with van der Waals surface area (Å²) in [5.41, 5.74) is 0. The molecule has 4 rings (SSSR count). The summed E-state index contributed by atoms with van der Waals surface area (Å²) >= 11 is 0. The first-order valence-electron chi connectivity index (χ1n) is 10.8. The molecule has 1 aliphatic carbocycles. The molecular formula is C20H28N6O5S2. The maximum atomic E-state index is 12.9. The first-order valence-corrected chi connectivity index (χ1v) is 13.8. The number of nitrogens with zero attached hydrogens (tertiary/aromatic N) is 4. The molecule has 0 spiro atoms. The molecular weight excluding hydrogens is 468 g/mol. The van der Waals surface area contributed by atoms with Crippen LogP contribution in [0.5, 0.6) is 0 Å². The van der Waals surface area contributed by atoms with Crippen molar-refractivity contribution in [3.63, 3.8) is 0 Å². The van der Waals surface area contributed by atoms with Gasteiger partial charge in [-0.25, -0.2) is 26.7 Å². The third-order valence-corrected chi connectivity index (χ3v) is 8.94. The zero-order valence-electron chi connectivity index (χ0n) is 18.1. The average molecular weight is 497 g/mol. The van der Waals surface area contributed by atoms with Gasteiger partial charge in [-0.2, -0.15) is 9.40 Å². The average Bonchev–Trinajstić information content (AvgIpc) is 3.45. The van der Waals surface area contributed by atoms with Crippen molar-refractivity contribution in [1.82, 2.24) is 19.0 Å². The van der Waals surface area contributed by atoms with Crippen LogP contribution < -0.4 is 10.5 Å². The van der Waals surface area contributed by atoms with Crippen LogP contribution in [0.4, 0.5) is 5.82 Å². The van der Waals surface area contributed by atoms with Crippen molar-refractivity contribution in [2.75, 3.05) is 38.0 Å². The maximum absolute atomic E-state index is 12.9. The Morgan fingerprint density at radius 2 is 1.58 bits per heavy atom. The summed E-state index contributed by atoms with van der Waals surface area (Å²) in [6.07, 6.45) is 6.15. The van der Waals surface area contributed by atoms with E-state index < -0.39 is 20.0 Å². The number of hydrogen-bond donors (Lipinski definition) is 2. The van der Waals surface area contributed by atoms with E-state index in [1.54, 1.807) is 12.3 Å². The van der Waals surface area contributed by atoms with Crippen molar-refractivity contribution < 1.29 is 21.6 Å². The van der Waals surface area contributed by atoms with Crippen LogP contribution in [0.2, 0.25) is 0 Å². The van der Waals surface area contributed by atoms with Gasteiger partial charge >= 0.3 is 0 Å². The first kappa shape index (κ1) is 23.8. The van der Waals surface area contributed by atoms with Gasteiger partial charge in [-0.3, -0.25) is 9.69 Å². The molecule has 0 unspecified atom stereocenters. The lowest BCUT2D eigenvalue weighted by Crippen LogP contribution is -2.50. The Balaban J connectivity index is 1.31. The molecule has 1 saturated heterocycles. The number of piperazine rings is 1. The Hall–Kier alpha value is -2.32. The van der Waals surface area contributed by atoms with Crippen molar-refractivity contribution in [2.45, 2.75) is 41.5 Å². The molecule has 13 heteroatoms. The molecule has 0 radical (unpaired) electrons. The lowest BCUT2D eigenvalue weighted by atomic mass is 10.2. The summed E-state index contributed by atoms with van der Waals surface area (Å²) < 4.78 is 51.8. The Morgan fingerprint density at radius 1 is 0.970 bits per heavy atom. The molecule has 1 aromatic carbocycles. The number of hydrogen-bond acceptors (Lipinski definition) is 7. The fourth-order valence-electron chi connectivity index (χ4n) is 4.32. The SMILES string of the molecule is NS(=O)(=O)c1ccc(S(=O)(=O)N2CCN(CC(=O)Nc3ccnn3C3CCCC3)CC2)cc1. The van der Waals surface area contributed by atoms with Gasteiger partial charge in [0.25, 0.3) is 0 Å². The highest BCUT2D eigenvalue weighted by atomic mass is 32.2. The summed E-state index contributed by atoms with van der Waals surface area (Å²) in [5, 5.41) is 12.4. The highest BCUT2D eigenvalue weighted by Gasteiger charge is 2.29. The second-order valence-electron chi connectivity index (χ2n) is 8.34. The topological polar surface area (TPSA) is 148 Å². The smallest absolute Gasteiger partial charge is 0.243 e. The minimum absolute atomic E-state index is 0.00117. The van der Waals surface area contributed by atoms with Crippen LogP contribution in [0.1, 0.15) is 31.7 Å². The van der Waals surface area contributed by atoms with Gasteiger partial charge in [-0.05, 0) is 37.1 Å². The fourth-order valence-corrected chi connectivity index (χ4v) is 6.25. The van der Waals surface area contributed by atoms with E-state index in [0.29, 0.717) is 24.9 Å². The van der Waals surface area contributed by atoms with E-state index in [2.05, 4.69) is 10.4 Å². The van der Waals surface area contributed by atoms with Crippen molar-refractivity contribution >= 4 is 31.8 Å². The first-order chi connectivity index (χ1) is 15.6. The van der Waals surface area contributed by atoms with Gasteiger partial charge in [0.2, 0.25) is 26.0 Å². The molecule has 1 saturated carbocycles. The summed E-state index contributed by atoms with van der Waals surface area (Å²) in [4.78, 5) is 14.3. The zero-order chi connectivity index (χ0) is 23.6. The molecule has 2 fully saturated rings. The van der Waals surface area contributed by atoms with Gasteiger partial charge in [0, 0.05) is 32.2 Å². The third kappa shape index (κ3) is 5.44. The number of amides is 1. The summed E-state index contributed by atoms with van der Waals surface area (Å²) in [5.74, 6) is 0.528. The normalized spacial score (nSPS) is 19.1. The van der Waals surface area contributed by atoms with Crippen molar-refractivity contribution in [3.8, 4) is 0 Å². The van der Waals surface area contributed by atoms with E-state index in [-0.39, 0.29) is 35.3 Å². The Bertz CT molecular complexity index is 1200. The molecule has 3 N–H and O–H groups in total. The molecule has 1 aliphatic heterocycles. The van der Waals surface area contributed by atoms with Crippen LogP contribution in [0, 0.1) is 0 Å². The predicted octanol–water partition coefficient (Wildman–Crippen LogP) is 0.591. The number of primary sulfonamides is 1. The molecule has 33 heavy (non-hydrogen) atoms. The number of carbonyl (C=O) groups is 1. The van der Waals surface area contributed by atoms with Gasteiger partial charge in [0.15, 0.2) is 0 Å². The van der Waals surface area contributed by atoms with Gasteiger partial charge in [-0.15, -0.1) is 0 Å². The highest BCUT2D eigenvalue weighted by Crippen LogP contribution is 2.31. The number of rotatable bonds is 7. The van der Waals surface area contributed by atoms with E-state index in [1.807, 2.05) is 9.58 Å². The lowest BCUT2D eigenvalue weighted by molar-refractivity contribution is -0.117. The monoisotopic (exact) mass is 496 g/mol. The molecule has 0 atom stereocenters. The summed E-state index contributed by atoms with van der Waals surface area (Å²) in [6, 6.07) is 6.95. The minimum atomic E-state index is -3.89. The second kappa shape index (κ2) is 9.50. The van der Waals surface area contributed by atoms with Crippen LogP contribution in [0.25, 0.3) is 0 Å². The molecule has 180 valence electrons. The van der Waals surface area contributed by atoms with Crippen molar-refractivity contribution in [2.24, 2.45) is 5.14 Å². The predicted molar refractivity (Wildman–Crippen MR) is 121 cm³/mol. The highest BCUT2D eigenvalue weighted by molar-refractivity contribution is 7.89. The Morgan fingerprint density at radius 3 is 2.18 bits per heavy atom. The van der Waals surface area contributed by atoms with E-state index in [4.69, 9.17) is 5.14 Å². The van der Waals surface area contributed by atoms with Crippen molar-refractivity contribution in [1.29, 1.82) is 0 Å². The number of aromatic nitrogens is 2. The van der Waals surface area contributed by atoms with Crippen LogP contribution in [0.3, 0.4) is 0 Å².